The predicted octanol–water partition coefficient (Wildman–Crippen LogP) is 0.910. The number of nitrogens with one attached hydrogen (secondary N) is 1. The van der Waals surface area contributed by atoms with E-state index in [1.54, 1.807) is 6.20 Å². The van der Waals surface area contributed by atoms with Crippen molar-refractivity contribution in [2.75, 3.05) is 0 Å². The highest BCUT2D eigenvalue weighted by Crippen LogP contribution is 2.44. The lowest BCUT2D eigenvalue weighted by atomic mass is 10.1. The first-order chi connectivity index (χ1) is 6.62. The topological polar surface area (TPSA) is 54.9 Å². The van der Waals surface area contributed by atoms with E-state index in [0.29, 0.717) is 0 Å². The number of hydrogen-bond acceptors (Lipinski definition) is 3. The second-order valence-electron chi connectivity index (χ2n) is 3.75. The van der Waals surface area contributed by atoms with Crippen molar-refractivity contribution in [1.29, 1.82) is 0 Å². The fraction of sp³-hybridized carbons (Fsp3) is 0.500. The minimum Gasteiger partial charge on any atom is -0.345 e. The van der Waals surface area contributed by atoms with Gasteiger partial charge in [0.25, 0.3) is 0 Å². The van der Waals surface area contributed by atoms with E-state index in [2.05, 4.69) is 15.3 Å². The van der Waals surface area contributed by atoms with E-state index in [1.807, 2.05) is 13.0 Å². The summed E-state index contributed by atoms with van der Waals surface area (Å²) in [6, 6.07) is 1.87. The number of hydrogen-bond donors (Lipinski definition) is 1. The fourth-order valence-corrected chi connectivity index (χ4v) is 1.63. The van der Waals surface area contributed by atoms with Crippen LogP contribution in [0.15, 0.2) is 12.3 Å². The predicted molar refractivity (Wildman–Crippen MR) is 51.5 cm³/mol. The number of aryl methyl sites for hydroxylation is 1. The summed E-state index contributed by atoms with van der Waals surface area (Å²) in [7, 11) is 0. The zero-order valence-electron chi connectivity index (χ0n) is 8.37. The van der Waals surface area contributed by atoms with Gasteiger partial charge in [-0.1, -0.05) is 0 Å². The molecule has 1 N–H and O–H groups in total. The molecule has 0 unspecified atom stereocenters. The van der Waals surface area contributed by atoms with Crippen LogP contribution in [0, 0.1) is 6.92 Å². The van der Waals surface area contributed by atoms with Crippen LogP contribution >= 0.6 is 0 Å². The van der Waals surface area contributed by atoms with Gasteiger partial charge in [0.2, 0.25) is 5.91 Å². The summed E-state index contributed by atoms with van der Waals surface area (Å²) < 4.78 is 0. The second-order valence-corrected chi connectivity index (χ2v) is 3.75. The Balaban J connectivity index is 2.26. The first kappa shape index (κ1) is 9.12. The van der Waals surface area contributed by atoms with Crippen LogP contribution in [0.2, 0.25) is 0 Å². The molecule has 1 aliphatic carbocycles. The van der Waals surface area contributed by atoms with E-state index in [4.69, 9.17) is 0 Å². The van der Waals surface area contributed by atoms with Crippen molar-refractivity contribution < 1.29 is 4.79 Å². The number of aromatic nitrogens is 2. The van der Waals surface area contributed by atoms with Crippen LogP contribution in [0.3, 0.4) is 0 Å². The van der Waals surface area contributed by atoms with Gasteiger partial charge in [-0.05, 0) is 25.8 Å². The van der Waals surface area contributed by atoms with Crippen LogP contribution in [-0.2, 0) is 10.3 Å². The van der Waals surface area contributed by atoms with E-state index in [1.165, 1.54) is 6.92 Å². The van der Waals surface area contributed by atoms with E-state index < -0.39 is 0 Å². The average molecular weight is 191 g/mol. The number of nitrogens with zero attached hydrogens (tertiary/aromatic N) is 2. The van der Waals surface area contributed by atoms with E-state index in [0.717, 1.165) is 24.4 Å². The molecule has 1 amide bonds. The van der Waals surface area contributed by atoms with Crippen LogP contribution in [0.25, 0.3) is 0 Å². The van der Waals surface area contributed by atoms with Gasteiger partial charge in [-0.25, -0.2) is 9.97 Å². The van der Waals surface area contributed by atoms with Gasteiger partial charge < -0.3 is 5.32 Å². The molecule has 0 bridgehead atoms. The summed E-state index contributed by atoms with van der Waals surface area (Å²) in [5.74, 6) is 0.748. The van der Waals surface area contributed by atoms with Crippen LogP contribution in [0.4, 0.5) is 0 Å². The van der Waals surface area contributed by atoms with Crippen molar-refractivity contribution in [3.63, 3.8) is 0 Å². The van der Waals surface area contributed by atoms with Gasteiger partial charge in [0.15, 0.2) is 0 Å². The molecule has 2 rings (SSSR count). The molecule has 0 radical (unpaired) electrons. The Morgan fingerprint density at radius 3 is 2.79 bits per heavy atom. The Morgan fingerprint density at radius 2 is 2.29 bits per heavy atom. The maximum absolute atomic E-state index is 11.0. The maximum Gasteiger partial charge on any atom is 0.217 e. The number of amides is 1. The summed E-state index contributed by atoms with van der Waals surface area (Å²) in [4.78, 5) is 19.4. The van der Waals surface area contributed by atoms with Crippen molar-refractivity contribution in [2.45, 2.75) is 32.2 Å². The minimum atomic E-state index is -0.195. The molecule has 0 aliphatic heterocycles. The summed E-state index contributed by atoms with van der Waals surface area (Å²) in [6.07, 6.45) is 3.69. The molecule has 1 fully saturated rings. The van der Waals surface area contributed by atoms with Crippen molar-refractivity contribution in [1.82, 2.24) is 15.3 Å². The monoisotopic (exact) mass is 191 g/mol. The third-order valence-electron chi connectivity index (χ3n) is 2.43. The third kappa shape index (κ3) is 1.60. The molecule has 1 aliphatic rings. The molecule has 1 aromatic rings. The minimum absolute atomic E-state index is 0.00114. The van der Waals surface area contributed by atoms with Crippen molar-refractivity contribution >= 4 is 5.91 Å². The van der Waals surface area contributed by atoms with Gasteiger partial charge >= 0.3 is 0 Å². The zero-order valence-corrected chi connectivity index (χ0v) is 8.37. The molecule has 4 heteroatoms. The highest BCUT2D eigenvalue weighted by molar-refractivity contribution is 5.74. The fourth-order valence-electron chi connectivity index (χ4n) is 1.63. The van der Waals surface area contributed by atoms with E-state index in [9.17, 15) is 4.79 Å². The smallest absolute Gasteiger partial charge is 0.217 e. The van der Waals surface area contributed by atoms with Crippen LogP contribution in [0.1, 0.15) is 31.3 Å². The van der Waals surface area contributed by atoms with Gasteiger partial charge in [0.05, 0.1) is 11.2 Å². The SMILES string of the molecule is CC(=O)NC1(c2ccnc(C)n2)CC1. The van der Waals surface area contributed by atoms with Gasteiger partial charge in [-0.3, -0.25) is 4.79 Å². The standard InChI is InChI=1S/C10H13N3O/c1-7-11-6-3-9(12-7)10(4-5-10)13-8(2)14/h3,6H,4-5H2,1-2H3,(H,13,14). The maximum atomic E-state index is 11.0. The number of carbonyl (C=O) groups excluding carboxylic acids is 1. The summed E-state index contributed by atoms with van der Waals surface area (Å²) in [5.41, 5.74) is 0.736. The Labute approximate surface area is 82.8 Å². The largest absolute Gasteiger partial charge is 0.345 e. The number of carbonyl (C=O) groups is 1. The lowest BCUT2D eigenvalue weighted by Crippen LogP contribution is -2.33. The van der Waals surface area contributed by atoms with Crippen LogP contribution in [-0.4, -0.2) is 15.9 Å². The molecule has 1 saturated carbocycles. The number of rotatable bonds is 2. The van der Waals surface area contributed by atoms with Gasteiger partial charge in [0, 0.05) is 13.1 Å². The highest BCUT2D eigenvalue weighted by atomic mass is 16.1. The third-order valence-corrected chi connectivity index (χ3v) is 2.43. The molecule has 14 heavy (non-hydrogen) atoms. The molecule has 1 heterocycles. The Hall–Kier alpha value is -1.45. The summed E-state index contributed by atoms with van der Waals surface area (Å²) in [5, 5.41) is 2.94. The first-order valence-electron chi connectivity index (χ1n) is 4.71. The Morgan fingerprint density at radius 1 is 1.57 bits per heavy atom. The summed E-state index contributed by atoms with van der Waals surface area (Å²) >= 11 is 0. The lowest BCUT2D eigenvalue weighted by molar-refractivity contribution is -0.120. The van der Waals surface area contributed by atoms with Crippen LogP contribution in [0.5, 0.6) is 0 Å². The lowest BCUT2D eigenvalue weighted by Gasteiger charge is -2.15. The van der Waals surface area contributed by atoms with Crippen molar-refractivity contribution in [3.8, 4) is 0 Å². The quantitative estimate of drug-likeness (QED) is 0.756. The normalized spacial score (nSPS) is 17.6. The molecule has 74 valence electrons. The molecule has 0 saturated heterocycles. The van der Waals surface area contributed by atoms with Crippen molar-refractivity contribution in [3.05, 3.63) is 23.8 Å². The van der Waals surface area contributed by atoms with Crippen LogP contribution < -0.4 is 5.32 Å². The highest BCUT2D eigenvalue weighted by Gasteiger charge is 2.46. The molecule has 0 atom stereocenters. The molecule has 0 aromatic carbocycles. The Bertz CT molecular complexity index is 371. The van der Waals surface area contributed by atoms with E-state index >= 15 is 0 Å². The average Bonchev–Trinajstić information content (AvgIpc) is 2.84. The second kappa shape index (κ2) is 3.04. The van der Waals surface area contributed by atoms with Gasteiger partial charge in [0.1, 0.15) is 5.82 Å². The molecule has 0 spiro atoms. The molecule has 1 aromatic heterocycles. The van der Waals surface area contributed by atoms with E-state index in [-0.39, 0.29) is 11.4 Å². The van der Waals surface area contributed by atoms with Crippen molar-refractivity contribution in [2.24, 2.45) is 0 Å². The summed E-state index contributed by atoms with van der Waals surface area (Å²) in [6.45, 7) is 3.39. The Kier molecular flexibility index (Phi) is 1.98. The molecule has 4 nitrogen and oxygen atoms in total. The molecular formula is C10H13N3O. The zero-order chi connectivity index (χ0) is 10.2. The van der Waals surface area contributed by atoms with Gasteiger partial charge in [-0.2, -0.15) is 0 Å². The first-order valence-corrected chi connectivity index (χ1v) is 4.71. The molecular weight excluding hydrogens is 178 g/mol. The van der Waals surface area contributed by atoms with Gasteiger partial charge in [-0.15, -0.1) is 0 Å².